The van der Waals surface area contributed by atoms with Crippen molar-refractivity contribution in [2.75, 3.05) is 13.2 Å². The highest BCUT2D eigenvalue weighted by molar-refractivity contribution is 7.10. The van der Waals surface area contributed by atoms with E-state index in [0.717, 1.165) is 4.88 Å². The Morgan fingerprint density at radius 2 is 2.20 bits per heavy atom. The number of aliphatic hydroxyl groups is 1. The van der Waals surface area contributed by atoms with Gasteiger partial charge in [0.15, 0.2) is 0 Å². The van der Waals surface area contributed by atoms with Crippen molar-refractivity contribution in [2.24, 2.45) is 0 Å². The number of aliphatic hydroxyl groups excluding tert-OH is 1. The molecule has 5 nitrogen and oxygen atoms in total. The van der Waals surface area contributed by atoms with E-state index in [9.17, 15) is 9.59 Å². The molecular weight excluding hydrogens is 276 g/mol. The molecule has 0 aromatic carbocycles. The van der Waals surface area contributed by atoms with Crippen LogP contribution in [0, 0.1) is 11.8 Å². The van der Waals surface area contributed by atoms with Crippen molar-refractivity contribution >= 4 is 23.2 Å². The molecule has 0 fully saturated rings. The molecular formula is C14H18N2O3S. The van der Waals surface area contributed by atoms with E-state index >= 15 is 0 Å². The number of nitrogens with one attached hydrogen (secondary N) is 2. The van der Waals surface area contributed by atoms with Crippen LogP contribution in [0.25, 0.3) is 0 Å². The molecule has 2 amide bonds. The molecule has 20 heavy (non-hydrogen) atoms. The number of amides is 2. The highest BCUT2D eigenvalue weighted by atomic mass is 32.1. The molecule has 108 valence electrons. The summed E-state index contributed by atoms with van der Waals surface area (Å²) in [5.41, 5.74) is 0.515. The smallest absolute Gasteiger partial charge is 0.252 e. The number of thiophene rings is 1. The number of carbonyl (C=O) groups is 2. The maximum absolute atomic E-state index is 11.8. The predicted molar refractivity (Wildman–Crippen MR) is 78.5 cm³/mol. The zero-order valence-electron chi connectivity index (χ0n) is 11.5. The molecule has 0 spiro atoms. The van der Waals surface area contributed by atoms with E-state index < -0.39 is 0 Å². The van der Waals surface area contributed by atoms with Crippen LogP contribution in [0.5, 0.6) is 0 Å². The molecule has 0 saturated carbocycles. The minimum Gasteiger partial charge on any atom is -0.384 e. The molecule has 0 unspecified atom stereocenters. The Balaban J connectivity index is 2.39. The van der Waals surface area contributed by atoms with Crippen molar-refractivity contribution in [1.82, 2.24) is 10.6 Å². The first-order chi connectivity index (χ1) is 9.52. The van der Waals surface area contributed by atoms with E-state index in [0.29, 0.717) is 12.1 Å². The normalized spacial score (nSPS) is 9.80. The Bertz CT molecular complexity index is 526. The maximum Gasteiger partial charge on any atom is 0.252 e. The molecule has 3 N–H and O–H groups in total. The maximum atomic E-state index is 11.8. The van der Waals surface area contributed by atoms with Crippen molar-refractivity contribution in [3.05, 3.63) is 21.9 Å². The van der Waals surface area contributed by atoms with Crippen molar-refractivity contribution < 1.29 is 14.7 Å². The Hall–Kier alpha value is -1.84. The van der Waals surface area contributed by atoms with E-state index in [1.807, 2.05) is 13.8 Å². The van der Waals surface area contributed by atoms with Gasteiger partial charge in [0, 0.05) is 24.4 Å². The first kappa shape index (κ1) is 16.2. The van der Waals surface area contributed by atoms with E-state index in [-0.39, 0.29) is 30.9 Å². The third-order valence-corrected chi connectivity index (χ3v) is 3.09. The number of hydrogen-bond donors (Lipinski definition) is 3. The molecule has 1 rings (SSSR count). The highest BCUT2D eigenvalue weighted by Crippen LogP contribution is 2.13. The van der Waals surface area contributed by atoms with Gasteiger partial charge >= 0.3 is 0 Å². The van der Waals surface area contributed by atoms with Crippen LogP contribution in [0.15, 0.2) is 11.4 Å². The molecule has 1 aromatic rings. The standard InChI is InChI=1S/C14H18N2O3S/c1-10(2)16-13(18)5-6-15-14(19)11-8-12(20-9-11)4-3-7-17/h8-10,17H,5-7H2,1-2H3,(H,15,19)(H,16,18). The third-order valence-electron chi connectivity index (χ3n) is 2.24. The number of carbonyl (C=O) groups excluding carboxylic acids is 2. The lowest BCUT2D eigenvalue weighted by Gasteiger charge is -2.08. The summed E-state index contributed by atoms with van der Waals surface area (Å²) in [4.78, 5) is 23.9. The van der Waals surface area contributed by atoms with Gasteiger partial charge in [-0.1, -0.05) is 11.8 Å². The Morgan fingerprint density at radius 3 is 2.85 bits per heavy atom. The fourth-order valence-electron chi connectivity index (χ4n) is 1.43. The Morgan fingerprint density at radius 1 is 1.45 bits per heavy atom. The van der Waals surface area contributed by atoms with Crippen molar-refractivity contribution in [2.45, 2.75) is 26.3 Å². The van der Waals surface area contributed by atoms with Crippen LogP contribution in [0.3, 0.4) is 0 Å². The first-order valence-corrected chi connectivity index (χ1v) is 7.16. The van der Waals surface area contributed by atoms with Gasteiger partial charge in [0.25, 0.3) is 5.91 Å². The fourth-order valence-corrected chi connectivity index (χ4v) is 2.19. The van der Waals surface area contributed by atoms with Gasteiger partial charge in [-0.3, -0.25) is 9.59 Å². The lowest BCUT2D eigenvalue weighted by molar-refractivity contribution is -0.121. The van der Waals surface area contributed by atoms with Gasteiger partial charge in [0.1, 0.15) is 6.61 Å². The summed E-state index contributed by atoms with van der Waals surface area (Å²) >= 11 is 1.34. The molecule has 0 bridgehead atoms. The molecule has 0 aliphatic carbocycles. The molecule has 0 aliphatic rings. The molecule has 0 saturated heterocycles. The predicted octanol–water partition coefficient (Wildman–Crippen LogP) is 0.736. The summed E-state index contributed by atoms with van der Waals surface area (Å²) in [6, 6.07) is 1.76. The monoisotopic (exact) mass is 294 g/mol. The van der Waals surface area contributed by atoms with Gasteiger partial charge < -0.3 is 15.7 Å². The lowest BCUT2D eigenvalue weighted by atomic mass is 10.2. The van der Waals surface area contributed by atoms with Gasteiger partial charge in [-0.2, -0.15) is 0 Å². The second kappa shape index (κ2) is 8.35. The SMILES string of the molecule is CC(C)NC(=O)CCNC(=O)c1csc(C#CCO)c1. The van der Waals surface area contributed by atoms with Crippen LogP contribution in [-0.2, 0) is 4.79 Å². The average molecular weight is 294 g/mol. The molecule has 0 aliphatic heterocycles. The molecule has 6 heteroatoms. The van der Waals surface area contributed by atoms with Crippen LogP contribution in [0.4, 0.5) is 0 Å². The fraction of sp³-hybridized carbons (Fsp3) is 0.429. The van der Waals surface area contributed by atoms with Crippen LogP contribution < -0.4 is 10.6 Å². The first-order valence-electron chi connectivity index (χ1n) is 6.28. The van der Waals surface area contributed by atoms with E-state index in [2.05, 4.69) is 22.5 Å². The minimum absolute atomic E-state index is 0.0832. The summed E-state index contributed by atoms with van der Waals surface area (Å²) in [6.45, 7) is 3.86. The molecule has 0 atom stereocenters. The Kier molecular flexibility index (Phi) is 6.77. The van der Waals surface area contributed by atoms with Crippen LogP contribution in [0.2, 0.25) is 0 Å². The van der Waals surface area contributed by atoms with Gasteiger partial charge in [-0.25, -0.2) is 0 Å². The van der Waals surface area contributed by atoms with Crippen molar-refractivity contribution in [3.63, 3.8) is 0 Å². The Labute approximate surface area is 122 Å². The zero-order chi connectivity index (χ0) is 15.0. The second-order valence-electron chi connectivity index (χ2n) is 4.39. The van der Waals surface area contributed by atoms with Gasteiger partial charge in [-0.15, -0.1) is 11.3 Å². The second-order valence-corrected chi connectivity index (χ2v) is 5.30. The van der Waals surface area contributed by atoms with Gasteiger partial charge in [0.05, 0.1) is 10.4 Å². The van der Waals surface area contributed by atoms with E-state index in [1.165, 1.54) is 11.3 Å². The molecule has 1 aromatic heterocycles. The summed E-state index contributed by atoms with van der Waals surface area (Å²) < 4.78 is 0. The third kappa shape index (κ3) is 5.87. The van der Waals surface area contributed by atoms with Crippen molar-refractivity contribution in [1.29, 1.82) is 0 Å². The van der Waals surface area contributed by atoms with Crippen molar-refractivity contribution in [3.8, 4) is 11.8 Å². The largest absolute Gasteiger partial charge is 0.384 e. The highest BCUT2D eigenvalue weighted by Gasteiger charge is 2.09. The molecule has 1 heterocycles. The lowest BCUT2D eigenvalue weighted by Crippen LogP contribution is -2.34. The van der Waals surface area contributed by atoms with Crippen LogP contribution >= 0.6 is 11.3 Å². The summed E-state index contributed by atoms with van der Waals surface area (Å²) in [7, 11) is 0. The van der Waals surface area contributed by atoms with Crippen LogP contribution in [-0.4, -0.2) is 36.1 Å². The minimum atomic E-state index is -0.226. The van der Waals surface area contributed by atoms with E-state index in [1.54, 1.807) is 11.4 Å². The average Bonchev–Trinajstić information content (AvgIpc) is 2.84. The van der Waals surface area contributed by atoms with Gasteiger partial charge in [0.2, 0.25) is 5.91 Å². The summed E-state index contributed by atoms with van der Waals surface area (Å²) in [5, 5.41) is 15.7. The summed E-state index contributed by atoms with van der Waals surface area (Å²) in [5.74, 6) is 4.95. The summed E-state index contributed by atoms with van der Waals surface area (Å²) in [6.07, 6.45) is 0.255. The van der Waals surface area contributed by atoms with E-state index in [4.69, 9.17) is 5.11 Å². The zero-order valence-corrected chi connectivity index (χ0v) is 12.3. The van der Waals surface area contributed by atoms with Crippen LogP contribution in [0.1, 0.15) is 35.5 Å². The quantitative estimate of drug-likeness (QED) is 0.701. The topological polar surface area (TPSA) is 78.4 Å². The molecule has 0 radical (unpaired) electrons. The van der Waals surface area contributed by atoms with Gasteiger partial charge in [-0.05, 0) is 19.9 Å². The number of rotatable bonds is 5. The number of hydrogen-bond acceptors (Lipinski definition) is 4.